The molecule has 1 aliphatic carbocycles. The van der Waals surface area contributed by atoms with Crippen LogP contribution in [0.5, 0.6) is 11.5 Å². The van der Waals surface area contributed by atoms with Crippen LogP contribution < -0.4 is 14.8 Å². The Labute approximate surface area is 135 Å². The fraction of sp³-hybridized carbons (Fsp3) is 0.412. The molecule has 0 radical (unpaired) electrons. The van der Waals surface area contributed by atoms with Gasteiger partial charge in [-0.05, 0) is 43.5 Å². The van der Waals surface area contributed by atoms with Crippen LogP contribution >= 0.6 is 0 Å². The van der Waals surface area contributed by atoms with Crippen LogP contribution in [-0.4, -0.2) is 30.3 Å². The van der Waals surface area contributed by atoms with Gasteiger partial charge in [-0.1, -0.05) is 6.07 Å². The number of carbonyl (C=O) groups is 1. The van der Waals surface area contributed by atoms with Gasteiger partial charge in [0.15, 0.2) is 11.5 Å². The third-order valence-electron chi connectivity index (χ3n) is 4.10. The Kier molecular flexibility index (Phi) is 4.23. The van der Waals surface area contributed by atoms with E-state index in [1.54, 1.807) is 14.2 Å². The van der Waals surface area contributed by atoms with Gasteiger partial charge in [-0.15, -0.1) is 0 Å². The molecule has 0 bridgehead atoms. The molecule has 6 heteroatoms. The molecule has 3 rings (SSSR count). The Morgan fingerprint density at radius 1 is 1.26 bits per heavy atom. The predicted molar refractivity (Wildman–Crippen MR) is 86.0 cm³/mol. The molecule has 1 aromatic carbocycles. The molecule has 2 aromatic rings. The van der Waals surface area contributed by atoms with E-state index in [9.17, 15) is 4.79 Å². The van der Waals surface area contributed by atoms with E-state index in [1.165, 1.54) is 12.8 Å². The van der Waals surface area contributed by atoms with E-state index < -0.39 is 0 Å². The lowest BCUT2D eigenvalue weighted by Crippen LogP contribution is -2.27. The van der Waals surface area contributed by atoms with Crippen molar-refractivity contribution < 1.29 is 14.3 Å². The molecule has 23 heavy (non-hydrogen) atoms. The number of ether oxygens (including phenoxy) is 2. The molecule has 1 fully saturated rings. The zero-order valence-electron chi connectivity index (χ0n) is 13.6. The Hall–Kier alpha value is -2.50. The lowest BCUT2D eigenvalue weighted by molar-refractivity contribution is 0.0934. The highest BCUT2D eigenvalue weighted by atomic mass is 16.5. The first kappa shape index (κ1) is 15.4. The van der Waals surface area contributed by atoms with Gasteiger partial charge in [-0.25, -0.2) is 0 Å². The third-order valence-corrected chi connectivity index (χ3v) is 4.10. The maximum atomic E-state index is 12.3. The highest BCUT2D eigenvalue weighted by Gasteiger charge is 2.26. The molecule has 1 aromatic heterocycles. The van der Waals surface area contributed by atoms with Crippen molar-refractivity contribution in [1.82, 2.24) is 15.5 Å². The first-order chi connectivity index (χ1) is 11.1. The van der Waals surface area contributed by atoms with Gasteiger partial charge in [0.1, 0.15) is 5.69 Å². The maximum absolute atomic E-state index is 12.3. The molecule has 0 saturated heterocycles. The minimum atomic E-state index is -0.185. The Bertz CT molecular complexity index is 707. The van der Waals surface area contributed by atoms with Gasteiger partial charge in [0.2, 0.25) is 0 Å². The first-order valence-electron chi connectivity index (χ1n) is 7.70. The topological polar surface area (TPSA) is 76.2 Å². The van der Waals surface area contributed by atoms with Crippen LogP contribution in [0.15, 0.2) is 24.3 Å². The smallest absolute Gasteiger partial charge is 0.272 e. The van der Waals surface area contributed by atoms with Crippen molar-refractivity contribution in [3.05, 3.63) is 41.2 Å². The zero-order valence-corrected chi connectivity index (χ0v) is 13.6. The fourth-order valence-electron chi connectivity index (χ4n) is 2.53. The minimum Gasteiger partial charge on any atom is -0.493 e. The van der Waals surface area contributed by atoms with Crippen LogP contribution in [0.2, 0.25) is 0 Å². The number of benzene rings is 1. The van der Waals surface area contributed by atoms with Gasteiger partial charge in [-0.2, -0.15) is 5.10 Å². The average Bonchev–Trinajstić information content (AvgIpc) is 3.30. The quantitative estimate of drug-likeness (QED) is 0.859. The fourth-order valence-corrected chi connectivity index (χ4v) is 2.53. The maximum Gasteiger partial charge on any atom is 0.272 e. The molecular formula is C17H21N3O3. The van der Waals surface area contributed by atoms with Crippen LogP contribution in [0.25, 0.3) is 0 Å². The van der Waals surface area contributed by atoms with Gasteiger partial charge < -0.3 is 14.8 Å². The summed E-state index contributed by atoms with van der Waals surface area (Å²) in [5.74, 6) is 1.67. The number of hydrogen-bond donors (Lipinski definition) is 2. The van der Waals surface area contributed by atoms with Crippen LogP contribution in [0.4, 0.5) is 0 Å². The van der Waals surface area contributed by atoms with Crippen molar-refractivity contribution >= 4 is 5.91 Å². The summed E-state index contributed by atoms with van der Waals surface area (Å²) < 4.78 is 10.5. The van der Waals surface area contributed by atoms with E-state index in [-0.39, 0.29) is 11.9 Å². The van der Waals surface area contributed by atoms with Gasteiger partial charge >= 0.3 is 0 Å². The lowest BCUT2D eigenvalue weighted by atomic mass is 10.1. The molecule has 122 valence electrons. The molecule has 1 atom stereocenters. The summed E-state index contributed by atoms with van der Waals surface area (Å²) in [6.07, 6.45) is 2.34. The Balaban J connectivity index is 1.69. The lowest BCUT2D eigenvalue weighted by Gasteiger charge is -2.16. The number of hydrogen-bond acceptors (Lipinski definition) is 4. The number of aromatic amines is 1. The zero-order chi connectivity index (χ0) is 16.4. The average molecular weight is 315 g/mol. The monoisotopic (exact) mass is 315 g/mol. The van der Waals surface area contributed by atoms with E-state index >= 15 is 0 Å². The van der Waals surface area contributed by atoms with Crippen molar-refractivity contribution in [2.24, 2.45) is 0 Å². The van der Waals surface area contributed by atoms with Gasteiger partial charge in [0.05, 0.1) is 20.3 Å². The molecule has 1 heterocycles. The van der Waals surface area contributed by atoms with Crippen molar-refractivity contribution in [3.8, 4) is 11.5 Å². The molecule has 1 aliphatic rings. The largest absolute Gasteiger partial charge is 0.493 e. The molecule has 1 amide bonds. The molecular weight excluding hydrogens is 294 g/mol. The Morgan fingerprint density at radius 2 is 2.00 bits per heavy atom. The van der Waals surface area contributed by atoms with E-state index in [0.29, 0.717) is 23.1 Å². The van der Waals surface area contributed by atoms with Crippen molar-refractivity contribution in [3.63, 3.8) is 0 Å². The minimum absolute atomic E-state index is 0.164. The number of amides is 1. The number of H-pyrrole nitrogens is 1. The third kappa shape index (κ3) is 3.31. The summed E-state index contributed by atoms with van der Waals surface area (Å²) in [5.41, 5.74) is 2.42. The van der Waals surface area contributed by atoms with E-state index in [4.69, 9.17) is 9.47 Å². The van der Waals surface area contributed by atoms with Crippen molar-refractivity contribution in [1.29, 1.82) is 0 Å². The molecule has 0 aliphatic heterocycles. The summed E-state index contributed by atoms with van der Waals surface area (Å²) in [5, 5.41) is 10.0. The predicted octanol–water partition coefficient (Wildman–Crippen LogP) is 2.80. The van der Waals surface area contributed by atoms with Crippen LogP contribution in [-0.2, 0) is 0 Å². The second kappa shape index (κ2) is 6.32. The molecule has 0 unspecified atom stereocenters. The molecule has 6 nitrogen and oxygen atoms in total. The Morgan fingerprint density at radius 3 is 2.65 bits per heavy atom. The first-order valence-corrected chi connectivity index (χ1v) is 7.70. The van der Waals surface area contributed by atoms with Crippen LogP contribution in [0.3, 0.4) is 0 Å². The number of aromatic nitrogens is 2. The second-order valence-corrected chi connectivity index (χ2v) is 5.79. The number of rotatable bonds is 6. The summed E-state index contributed by atoms with van der Waals surface area (Å²) >= 11 is 0. The summed E-state index contributed by atoms with van der Waals surface area (Å²) in [6.45, 7) is 1.92. The van der Waals surface area contributed by atoms with Crippen LogP contribution in [0.1, 0.15) is 53.5 Å². The SMILES string of the molecule is COc1ccc([C@@H](C)NC(=O)c2cc(C3CC3)[nH]n2)cc1OC. The van der Waals surface area contributed by atoms with E-state index in [1.807, 2.05) is 31.2 Å². The highest BCUT2D eigenvalue weighted by molar-refractivity contribution is 5.92. The van der Waals surface area contributed by atoms with E-state index in [2.05, 4.69) is 15.5 Å². The molecule has 2 N–H and O–H groups in total. The normalized spacial score (nSPS) is 15.1. The van der Waals surface area contributed by atoms with Crippen molar-refractivity contribution in [2.45, 2.75) is 31.7 Å². The standard InChI is InChI=1S/C17H21N3O3/c1-10(12-6-7-15(22-2)16(8-12)23-3)18-17(21)14-9-13(19-20-14)11-4-5-11/h6-11H,4-5H2,1-3H3,(H,18,21)(H,19,20)/t10-/m1/s1. The summed E-state index contributed by atoms with van der Waals surface area (Å²) in [4.78, 5) is 12.3. The number of nitrogens with zero attached hydrogens (tertiary/aromatic N) is 1. The van der Waals surface area contributed by atoms with Crippen LogP contribution in [0, 0.1) is 0 Å². The molecule has 0 spiro atoms. The summed E-state index contributed by atoms with van der Waals surface area (Å²) in [6, 6.07) is 7.28. The van der Waals surface area contributed by atoms with Gasteiger partial charge in [0.25, 0.3) is 5.91 Å². The number of nitrogens with one attached hydrogen (secondary N) is 2. The highest BCUT2D eigenvalue weighted by Crippen LogP contribution is 2.39. The number of methoxy groups -OCH3 is 2. The summed E-state index contributed by atoms with van der Waals surface area (Å²) in [7, 11) is 3.19. The van der Waals surface area contributed by atoms with E-state index in [0.717, 1.165) is 11.3 Å². The van der Waals surface area contributed by atoms with Gasteiger partial charge in [-0.3, -0.25) is 9.89 Å². The van der Waals surface area contributed by atoms with Crippen molar-refractivity contribution in [2.75, 3.05) is 14.2 Å². The number of carbonyl (C=O) groups excluding carboxylic acids is 1. The second-order valence-electron chi connectivity index (χ2n) is 5.79. The molecule has 1 saturated carbocycles. The van der Waals surface area contributed by atoms with Gasteiger partial charge in [0, 0.05) is 11.6 Å².